The molecule has 0 N–H and O–H groups in total. The lowest BCUT2D eigenvalue weighted by Gasteiger charge is -2.06. The van der Waals surface area contributed by atoms with Crippen LogP contribution >= 0.6 is 0 Å². The smallest absolute Gasteiger partial charge is 0.00152 e. The van der Waals surface area contributed by atoms with Crippen LogP contribution in [-0.4, -0.2) is 0 Å². The zero-order valence-corrected chi connectivity index (χ0v) is 8.28. The van der Waals surface area contributed by atoms with Crippen LogP contribution in [0, 0.1) is 5.92 Å². The van der Waals surface area contributed by atoms with Gasteiger partial charge in [-0.15, -0.1) is 0 Å². The van der Waals surface area contributed by atoms with E-state index in [4.69, 9.17) is 0 Å². The fraction of sp³-hybridized carbons (Fsp3) is 0.636. The van der Waals surface area contributed by atoms with Gasteiger partial charge in [-0.3, -0.25) is 0 Å². The van der Waals surface area contributed by atoms with E-state index in [1.807, 2.05) is 0 Å². The zero-order chi connectivity index (χ0) is 8.59. The van der Waals surface area contributed by atoms with E-state index >= 15 is 0 Å². The molecule has 1 rings (SSSR count). The topological polar surface area (TPSA) is 0 Å². The van der Waals surface area contributed by atoms with E-state index < -0.39 is 0 Å². The van der Waals surface area contributed by atoms with Crippen LogP contribution in [0.2, 0.25) is 0 Å². The van der Waals surface area contributed by atoms with Crippen molar-refractivity contribution in [2.75, 3.05) is 0 Å². The second-order valence-corrected chi connectivity index (χ2v) is 3.54. The Hall–Kier alpha value is -0.520. The highest BCUT2D eigenvalue weighted by molar-refractivity contribution is 5.46. The summed E-state index contributed by atoms with van der Waals surface area (Å²) in [5, 5.41) is 0. The van der Waals surface area contributed by atoms with Gasteiger partial charge < -0.3 is 0 Å². The molecule has 0 amide bonds. The number of allylic oxidation sites excluding steroid dienone is 4. The maximum absolute atomic E-state index is 2.30. The molecule has 0 saturated heterocycles. The van der Waals surface area contributed by atoms with E-state index in [0.717, 1.165) is 0 Å². The lowest BCUT2D eigenvalue weighted by Crippen LogP contribution is -1.92. The van der Waals surface area contributed by atoms with Crippen molar-refractivity contribution in [2.45, 2.75) is 41.0 Å². The van der Waals surface area contributed by atoms with E-state index in [-0.39, 0.29) is 0 Å². The van der Waals surface area contributed by atoms with Gasteiger partial charge in [0.2, 0.25) is 0 Å². The van der Waals surface area contributed by atoms with Crippen LogP contribution in [0.15, 0.2) is 22.3 Å². The Morgan fingerprint density at radius 2 is 1.64 bits per heavy atom. The minimum Gasteiger partial charge on any atom is -0.0632 e. The van der Waals surface area contributed by atoms with Crippen LogP contribution in [0.5, 0.6) is 0 Å². The average molecular weight is 150 g/mol. The second-order valence-electron chi connectivity index (χ2n) is 3.54. The zero-order valence-electron chi connectivity index (χ0n) is 8.28. The van der Waals surface area contributed by atoms with Gasteiger partial charge in [0.15, 0.2) is 0 Å². The van der Waals surface area contributed by atoms with Gasteiger partial charge in [0.05, 0.1) is 0 Å². The summed E-state index contributed by atoms with van der Waals surface area (Å²) in [6.45, 7) is 11.3. The molecule has 0 aromatic heterocycles. The van der Waals surface area contributed by atoms with E-state index in [2.05, 4.69) is 34.6 Å². The molecule has 0 saturated carbocycles. The van der Waals surface area contributed by atoms with Gasteiger partial charge in [-0.25, -0.2) is 0 Å². The van der Waals surface area contributed by atoms with Crippen molar-refractivity contribution >= 4 is 0 Å². The third-order valence-corrected chi connectivity index (χ3v) is 3.17. The summed E-state index contributed by atoms with van der Waals surface area (Å²) in [7, 11) is 0. The van der Waals surface area contributed by atoms with Crippen molar-refractivity contribution in [1.82, 2.24) is 0 Å². The molecule has 0 heteroatoms. The number of rotatable bonds is 1. The lowest BCUT2D eigenvalue weighted by molar-refractivity contribution is 0.812. The van der Waals surface area contributed by atoms with Crippen LogP contribution in [0.3, 0.4) is 0 Å². The van der Waals surface area contributed by atoms with Crippen molar-refractivity contribution in [3.63, 3.8) is 0 Å². The molecule has 0 heterocycles. The Kier molecular flexibility index (Phi) is 2.22. The van der Waals surface area contributed by atoms with Crippen molar-refractivity contribution in [2.24, 2.45) is 5.92 Å². The van der Waals surface area contributed by atoms with Crippen molar-refractivity contribution < 1.29 is 0 Å². The maximum atomic E-state index is 2.30. The van der Waals surface area contributed by atoms with Crippen molar-refractivity contribution in [3.8, 4) is 0 Å². The molecule has 0 aromatic rings. The molecule has 1 aliphatic carbocycles. The first-order chi connectivity index (χ1) is 5.09. The van der Waals surface area contributed by atoms with Crippen molar-refractivity contribution in [1.29, 1.82) is 0 Å². The van der Waals surface area contributed by atoms with E-state index in [1.54, 1.807) is 16.7 Å². The van der Waals surface area contributed by atoms with Crippen LogP contribution in [0.4, 0.5) is 0 Å². The van der Waals surface area contributed by atoms with Gasteiger partial charge in [0.1, 0.15) is 0 Å². The summed E-state index contributed by atoms with van der Waals surface area (Å²) in [6.07, 6.45) is 1.19. The maximum Gasteiger partial charge on any atom is -0.00152 e. The fourth-order valence-corrected chi connectivity index (χ4v) is 1.99. The standard InChI is InChI=1S/C11H18/c1-6-11-9(4)7(2)8(3)10(11)5/h7H,6H2,1-5H3. The van der Waals surface area contributed by atoms with Gasteiger partial charge in [0, 0.05) is 0 Å². The Labute approximate surface area is 70.0 Å². The van der Waals surface area contributed by atoms with E-state index in [9.17, 15) is 0 Å². The molecule has 0 aliphatic heterocycles. The summed E-state index contributed by atoms with van der Waals surface area (Å²) in [5.74, 6) is 0.699. The molecule has 62 valence electrons. The molecule has 0 aromatic carbocycles. The average Bonchev–Trinajstić information content (AvgIpc) is 2.17. The summed E-state index contributed by atoms with van der Waals surface area (Å²) in [6, 6.07) is 0. The summed E-state index contributed by atoms with van der Waals surface area (Å²) in [5.41, 5.74) is 6.29. The minimum absolute atomic E-state index is 0.699. The van der Waals surface area contributed by atoms with Gasteiger partial charge in [-0.05, 0) is 44.3 Å². The highest BCUT2D eigenvalue weighted by Crippen LogP contribution is 2.37. The largest absolute Gasteiger partial charge is 0.0632 e. The highest BCUT2D eigenvalue weighted by atomic mass is 14.3. The first kappa shape index (κ1) is 8.58. The molecule has 0 bridgehead atoms. The Morgan fingerprint density at radius 3 is 1.82 bits per heavy atom. The predicted octanol–water partition coefficient (Wildman–Crippen LogP) is 3.70. The summed E-state index contributed by atoms with van der Waals surface area (Å²) >= 11 is 0. The first-order valence-corrected chi connectivity index (χ1v) is 4.47. The van der Waals surface area contributed by atoms with Crippen LogP contribution in [0.1, 0.15) is 41.0 Å². The quantitative estimate of drug-likeness (QED) is 0.534. The fourth-order valence-electron chi connectivity index (χ4n) is 1.99. The van der Waals surface area contributed by atoms with E-state index in [0.29, 0.717) is 5.92 Å². The first-order valence-electron chi connectivity index (χ1n) is 4.47. The molecular weight excluding hydrogens is 132 g/mol. The Morgan fingerprint density at radius 1 is 1.09 bits per heavy atom. The van der Waals surface area contributed by atoms with Crippen LogP contribution in [-0.2, 0) is 0 Å². The third kappa shape index (κ3) is 1.15. The Bertz CT molecular complexity index is 228. The second kappa shape index (κ2) is 2.84. The monoisotopic (exact) mass is 150 g/mol. The molecule has 1 unspecified atom stereocenters. The molecule has 11 heavy (non-hydrogen) atoms. The van der Waals surface area contributed by atoms with Gasteiger partial charge in [-0.1, -0.05) is 25.0 Å². The molecule has 0 fully saturated rings. The SMILES string of the molecule is CCC1=C(C)C(C)C(C)=C1C. The number of hydrogen-bond acceptors (Lipinski definition) is 0. The van der Waals surface area contributed by atoms with Crippen LogP contribution < -0.4 is 0 Å². The predicted molar refractivity (Wildman–Crippen MR) is 50.5 cm³/mol. The molecule has 0 spiro atoms. The van der Waals surface area contributed by atoms with Gasteiger partial charge in [0.25, 0.3) is 0 Å². The highest BCUT2D eigenvalue weighted by Gasteiger charge is 2.20. The molecular formula is C11H18. The molecule has 1 aliphatic rings. The Balaban J connectivity index is 3.07. The third-order valence-electron chi connectivity index (χ3n) is 3.17. The summed E-state index contributed by atoms with van der Waals surface area (Å²) < 4.78 is 0. The van der Waals surface area contributed by atoms with E-state index in [1.165, 1.54) is 12.0 Å². The van der Waals surface area contributed by atoms with Gasteiger partial charge >= 0.3 is 0 Å². The number of hydrogen-bond donors (Lipinski definition) is 0. The minimum atomic E-state index is 0.699. The summed E-state index contributed by atoms with van der Waals surface area (Å²) in [4.78, 5) is 0. The van der Waals surface area contributed by atoms with Gasteiger partial charge in [-0.2, -0.15) is 0 Å². The molecule has 1 atom stereocenters. The molecule has 0 nitrogen and oxygen atoms in total. The van der Waals surface area contributed by atoms with Crippen LogP contribution in [0.25, 0.3) is 0 Å². The molecule has 0 radical (unpaired) electrons. The normalized spacial score (nSPS) is 25.4. The lowest BCUT2D eigenvalue weighted by atomic mass is 9.99. The van der Waals surface area contributed by atoms with Crippen molar-refractivity contribution in [3.05, 3.63) is 22.3 Å².